The Morgan fingerprint density at radius 1 is 1.12 bits per heavy atom. The fourth-order valence-electron chi connectivity index (χ4n) is 2.08. The summed E-state index contributed by atoms with van der Waals surface area (Å²) in [4.78, 5) is 0. The zero-order chi connectivity index (χ0) is 12.5. The third-order valence-electron chi connectivity index (χ3n) is 3.04. The first-order valence-electron chi connectivity index (χ1n) is 6.74. The van der Waals surface area contributed by atoms with Gasteiger partial charge in [0.2, 0.25) is 0 Å². The van der Waals surface area contributed by atoms with E-state index >= 15 is 0 Å². The Hall–Kier alpha value is -0.530. The van der Waals surface area contributed by atoms with Crippen LogP contribution in [-0.4, -0.2) is 12.6 Å². The van der Waals surface area contributed by atoms with E-state index in [9.17, 15) is 0 Å². The number of aryl methyl sites for hydroxylation is 1. The van der Waals surface area contributed by atoms with Crippen molar-refractivity contribution >= 4 is 11.6 Å². The van der Waals surface area contributed by atoms with E-state index in [1.165, 1.54) is 31.2 Å². The highest BCUT2D eigenvalue weighted by Gasteiger charge is 2.07. The van der Waals surface area contributed by atoms with E-state index in [1.807, 2.05) is 12.1 Å². The summed E-state index contributed by atoms with van der Waals surface area (Å²) in [5.74, 6) is 0. The second-order valence-corrected chi connectivity index (χ2v) is 4.98. The van der Waals surface area contributed by atoms with Gasteiger partial charge in [0.1, 0.15) is 0 Å². The molecule has 0 saturated heterocycles. The van der Waals surface area contributed by atoms with E-state index in [0.29, 0.717) is 6.04 Å². The molecule has 1 aromatic rings. The summed E-state index contributed by atoms with van der Waals surface area (Å²) in [5.41, 5.74) is 1.27. The van der Waals surface area contributed by atoms with Crippen molar-refractivity contribution in [3.63, 3.8) is 0 Å². The Balaban J connectivity index is 2.42. The Kier molecular flexibility index (Phi) is 7.30. The first-order valence-corrected chi connectivity index (χ1v) is 7.12. The van der Waals surface area contributed by atoms with E-state index in [2.05, 4.69) is 31.3 Å². The van der Waals surface area contributed by atoms with Gasteiger partial charge in [-0.2, -0.15) is 0 Å². The lowest BCUT2D eigenvalue weighted by Crippen LogP contribution is -2.30. The minimum Gasteiger partial charge on any atom is -0.314 e. The molecule has 1 nitrogen and oxygen atoms in total. The zero-order valence-electron chi connectivity index (χ0n) is 11.0. The van der Waals surface area contributed by atoms with Crippen LogP contribution in [0.4, 0.5) is 0 Å². The number of rotatable bonds is 8. The second-order valence-electron chi connectivity index (χ2n) is 4.57. The lowest BCUT2D eigenvalue weighted by Gasteiger charge is -2.18. The van der Waals surface area contributed by atoms with Gasteiger partial charge in [-0.05, 0) is 43.9 Å². The Morgan fingerprint density at radius 3 is 2.53 bits per heavy atom. The van der Waals surface area contributed by atoms with E-state index in [0.717, 1.165) is 18.0 Å². The second kappa shape index (κ2) is 8.54. The van der Waals surface area contributed by atoms with Crippen molar-refractivity contribution < 1.29 is 0 Å². The molecule has 0 aliphatic rings. The standard InChI is InChI=1S/C15H24ClN/c1-3-7-14(17-12-4-2)11-10-13-8-5-6-9-15(13)16/h5-6,8-9,14,17H,3-4,7,10-12H2,1-2H3. The predicted octanol–water partition coefficient (Wildman–Crippen LogP) is 4.44. The van der Waals surface area contributed by atoms with Crippen LogP contribution in [-0.2, 0) is 6.42 Å². The normalized spacial score (nSPS) is 12.6. The minimum absolute atomic E-state index is 0.635. The number of halogens is 1. The van der Waals surface area contributed by atoms with E-state index in [4.69, 9.17) is 11.6 Å². The fraction of sp³-hybridized carbons (Fsp3) is 0.600. The molecule has 0 fully saturated rings. The number of nitrogens with one attached hydrogen (secondary N) is 1. The topological polar surface area (TPSA) is 12.0 Å². The SMILES string of the molecule is CCCNC(CCC)CCc1ccccc1Cl. The largest absolute Gasteiger partial charge is 0.314 e. The van der Waals surface area contributed by atoms with Gasteiger partial charge in [0.15, 0.2) is 0 Å². The summed E-state index contributed by atoms with van der Waals surface area (Å²) < 4.78 is 0. The van der Waals surface area contributed by atoms with Gasteiger partial charge in [-0.3, -0.25) is 0 Å². The average Bonchev–Trinajstić information content (AvgIpc) is 2.34. The fourth-order valence-corrected chi connectivity index (χ4v) is 2.31. The smallest absolute Gasteiger partial charge is 0.0437 e. The molecule has 0 bridgehead atoms. The first kappa shape index (κ1) is 14.5. The van der Waals surface area contributed by atoms with Crippen LogP contribution in [0.15, 0.2) is 24.3 Å². The van der Waals surface area contributed by atoms with Gasteiger partial charge in [0.25, 0.3) is 0 Å². The maximum atomic E-state index is 6.17. The highest BCUT2D eigenvalue weighted by molar-refractivity contribution is 6.31. The maximum Gasteiger partial charge on any atom is 0.0437 e. The van der Waals surface area contributed by atoms with Crippen molar-refractivity contribution in [2.75, 3.05) is 6.54 Å². The molecule has 1 unspecified atom stereocenters. The maximum absolute atomic E-state index is 6.17. The molecular weight excluding hydrogens is 230 g/mol. The van der Waals surface area contributed by atoms with Crippen molar-refractivity contribution in [1.29, 1.82) is 0 Å². The average molecular weight is 254 g/mol. The van der Waals surface area contributed by atoms with Crippen LogP contribution < -0.4 is 5.32 Å². The van der Waals surface area contributed by atoms with Gasteiger partial charge in [-0.25, -0.2) is 0 Å². The van der Waals surface area contributed by atoms with Crippen molar-refractivity contribution in [3.8, 4) is 0 Å². The number of hydrogen-bond acceptors (Lipinski definition) is 1. The monoisotopic (exact) mass is 253 g/mol. The molecule has 96 valence electrons. The molecule has 0 saturated carbocycles. The van der Waals surface area contributed by atoms with Crippen LogP contribution in [0, 0.1) is 0 Å². The summed E-state index contributed by atoms with van der Waals surface area (Å²) >= 11 is 6.17. The van der Waals surface area contributed by atoms with Crippen LogP contribution in [0.2, 0.25) is 5.02 Å². The molecule has 1 aromatic carbocycles. The third kappa shape index (κ3) is 5.56. The van der Waals surface area contributed by atoms with Gasteiger partial charge >= 0.3 is 0 Å². The van der Waals surface area contributed by atoms with Gasteiger partial charge < -0.3 is 5.32 Å². The lowest BCUT2D eigenvalue weighted by molar-refractivity contribution is 0.449. The molecule has 0 aliphatic heterocycles. The van der Waals surface area contributed by atoms with Crippen LogP contribution >= 0.6 is 11.6 Å². The van der Waals surface area contributed by atoms with Crippen molar-refractivity contribution in [2.45, 2.75) is 52.0 Å². The van der Waals surface area contributed by atoms with Crippen molar-refractivity contribution in [3.05, 3.63) is 34.9 Å². The Labute approximate surface area is 111 Å². The van der Waals surface area contributed by atoms with Gasteiger partial charge in [0.05, 0.1) is 0 Å². The summed E-state index contributed by atoms with van der Waals surface area (Å²) in [7, 11) is 0. The quantitative estimate of drug-likeness (QED) is 0.722. The summed E-state index contributed by atoms with van der Waals surface area (Å²) in [6.45, 7) is 5.58. The van der Waals surface area contributed by atoms with Crippen molar-refractivity contribution in [2.24, 2.45) is 0 Å². The Bertz CT molecular complexity index is 312. The van der Waals surface area contributed by atoms with E-state index < -0.39 is 0 Å². The van der Waals surface area contributed by atoms with Crippen LogP contribution in [0.5, 0.6) is 0 Å². The summed E-state index contributed by atoms with van der Waals surface area (Å²) in [6.07, 6.45) is 5.94. The number of benzene rings is 1. The number of hydrogen-bond donors (Lipinski definition) is 1. The molecule has 17 heavy (non-hydrogen) atoms. The molecule has 0 aliphatic carbocycles. The van der Waals surface area contributed by atoms with Gasteiger partial charge in [-0.15, -0.1) is 0 Å². The zero-order valence-corrected chi connectivity index (χ0v) is 11.8. The van der Waals surface area contributed by atoms with Crippen LogP contribution in [0.25, 0.3) is 0 Å². The molecule has 0 amide bonds. The Morgan fingerprint density at radius 2 is 1.88 bits per heavy atom. The summed E-state index contributed by atoms with van der Waals surface area (Å²) in [6, 6.07) is 8.80. The van der Waals surface area contributed by atoms with Gasteiger partial charge in [0, 0.05) is 11.1 Å². The van der Waals surface area contributed by atoms with E-state index in [1.54, 1.807) is 0 Å². The first-order chi connectivity index (χ1) is 8.27. The van der Waals surface area contributed by atoms with Gasteiger partial charge in [-0.1, -0.05) is 50.1 Å². The van der Waals surface area contributed by atoms with Crippen LogP contribution in [0.3, 0.4) is 0 Å². The molecule has 2 heteroatoms. The molecule has 0 spiro atoms. The highest BCUT2D eigenvalue weighted by atomic mass is 35.5. The lowest BCUT2D eigenvalue weighted by atomic mass is 10.0. The molecule has 1 N–H and O–H groups in total. The van der Waals surface area contributed by atoms with Crippen LogP contribution in [0.1, 0.15) is 45.1 Å². The molecule has 0 aromatic heterocycles. The summed E-state index contributed by atoms with van der Waals surface area (Å²) in [5, 5.41) is 4.52. The predicted molar refractivity (Wildman–Crippen MR) is 76.8 cm³/mol. The highest BCUT2D eigenvalue weighted by Crippen LogP contribution is 2.18. The minimum atomic E-state index is 0.635. The molecular formula is C15H24ClN. The van der Waals surface area contributed by atoms with Crippen molar-refractivity contribution in [1.82, 2.24) is 5.32 Å². The molecule has 1 rings (SSSR count). The molecule has 0 radical (unpaired) electrons. The molecule has 0 heterocycles. The van der Waals surface area contributed by atoms with E-state index in [-0.39, 0.29) is 0 Å². The molecule has 1 atom stereocenters. The third-order valence-corrected chi connectivity index (χ3v) is 3.41.